The smallest absolute Gasteiger partial charge is 0.355 e. The molecule has 2 heterocycles. The normalized spacial score (nSPS) is 10.3. The van der Waals surface area contributed by atoms with Crippen molar-refractivity contribution in [3.8, 4) is 0 Å². The van der Waals surface area contributed by atoms with E-state index >= 15 is 0 Å². The predicted molar refractivity (Wildman–Crippen MR) is 66.8 cm³/mol. The summed E-state index contributed by atoms with van der Waals surface area (Å²) in [6, 6.07) is 5.25. The second-order valence-corrected chi connectivity index (χ2v) is 4.70. The first-order chi connectivity index (χ1) is 8.56. The molecule has 0 aliphatic rings. The number of aryl methyl sites for hydroxylation is 2. The Labute approximate surface area is 108 Å². The van der Waals surface area contributed by atoms with Crippen molar-refractivity contribution >= 4 is 17.7 Å². The second-order valence-electron chi connectivity index (χ2n) is 3.69. The SMILES string of the molecule is Cc1cc(C)nc(Sc2cccnc2C(=O)O)n1. The number of rotatable bonds is 3. The topological polar surface area (TPSA) is 76.0 Å². The summed E-state index contributed by atoms with van der Waals surface area (Å²) < 4.78 is 0. The van der Waals surface area contributed by atoms with Crippen molar-refractivity contribution in [3.05, 3.63) is 41.5 Å². The lowest BCUT2D eigenvalue weighted by atomic mass is 10.3. The summed E-state index contributed by atoms with van der Waals surface area (Å²) in [6.45, 7) is 3.75. The minimum absolute atomic E-state index is 0.0188. The van der Waals surface area contributed by atoms with Gasteiger partial charge in [-0.25, -0.2) is 19.7 Å². The van der Waals surface area contributed by atoms with E-state index in [-0.39, 0.29) is 5.69 Å². The van der Waals surface area contributed by atoms with Gasteiger partial charge in [-0.1, -0.05) is 0 Å². The summed E-state index contributed by atoms with van der Waals surface area (Å²) in [5, 5.41) is 9.57. The molecule has 6 heteroatoms. The molecule has 0 spiro atoms. The molecule has 18 heavy (non-hydrogen) atoms. The fraction of sp³-hybridized carbons (Fsp3) is 0.167. The molecule has 0 saturated heterocycles. The van der Waals surface area contributed by atoms with Gasteiger partial charge in [0.1, 0.15) is 0 Å². The van der Waals surface area contributed by atoms with Gasteiger partial charge in [0.05, 0.1) is 0 Å². The molecule has 2 aromatic heterocycles. The first-order valence-corrected chi connectivity index (χ1v) is 6.06. The van der Waals surface area contributed by atoms with Crippen LogP contribution in [0.3, 0.4) is 0 Å². The van der Waals surface area contributed by atoms with Gasteiger partial charge in [-0.3, -0.25) is 0 Å². The Morgan fingerprint density at radius 2 is 1.94 bits per heavy atom. The van der Waals surface area contributed by atoms with Crippen LogP contribution in [0, 0.1) is 13.8 Å². The van der Waals surface area contributed by atoms with Crippen LogP contribution in [-0.2, 0) is 0 Å². The van der Waals surface area contributed by atoms with Crippen LogP contribution in [0.15, 0.2) is 34.4 Å². The molecule has 92 valence electrons. The van der Waals surface area contributed by atoms with E-state index in [2.05, 4.69) is 15.0 Å². The van der Waals surface area contributed by atoms with Gasteiger partial charge in [0, 0.05) is 22.5 Å². The number of pyridine rings is 1. The van der Waals surface area contributed by atoms with Crippen LogP contribution in [0.5, 0.6) is 0 Å². The van der Waals surface area contributed by atoms with Crippen LogP contribution in [0.2, 0.25) is 0 Å². The van der Waals surface area contributed by atoms with Gasteiger partial charge < -0.3 is 5.11 Å². The molecule has 0 aliphatic carbocycles. The Hall–Kier alpha value is -1.95. The number of hydrogen-bond acceptors (Lipinski definition) is 5. The summed E-state index contributed by atoms with van der Waals surface area (Å²) in [7, 11) is 0. The Balaban J connectivity index is 2.37. The lowest BCUT2D eigenvalue weighted by Gasteiger charge is -2.04. The van der Waals surface area contributed by atoms with Gasteiger partial charge in [-0.05, 0) is 43.8 Å². The van der Waals surface area contributed by atoms with Crippen LogP contribution in [0.25, 0.3) is 0 Å². The summed E-state index contributed by atoms with van der Waals surface area (Å²) >= 11 is 1.21. The van der Waals surface area contributed by atoms with Crippen molar-refractivity contribution in [2.75, 3.05) is 0 Å². The summed E-state index contributed by atoms with van der Waals surface area (Å²) in [5.41, 5.74) is 1.72. The highest BCUT2D eigenvalue weighted by molar-refractivity contribution is 7.99. The molecule has 0 saturated carbocycles. The number of carboxylic acid groups (broad SMARTS) is 1. The quantitative estimate of drug-likeness (QED) is 0.855. The van der Waals surface area contributed by atoms with E-state index in [0.717, 1.165) is 11.4 Å². The highest BCUT2D eigenvalue weighted by atomic mass is 32.2. The molecule has 0 aromatic carbocycles. The minimum atomic E-state index is -1.05. The highest BCUT2D eigenvalue weighted by Crippen LogP contribution is 2.27. The summed E-state index contributed by atoms with van der Waals surface area (Å²) in [5.74, 6) is -1.05. The third-order valence-electron chi connectivity index (χ3n) is 2.14. The Morgan fingerprint density at radius 1 is 1.28 bits per heavy atom. The summed E-state index contributed by atoms with van der Waals surface area (Å²) in [4.78, 5) is 23.9. The largest absolute Gasteiger partial charge is 0.476 e. The minimum Gasteiger partial charge on any atom is -0.476 e. The lowest BCUT2D eigenvalue weighted by molar-refractivity contribution is 0.0686. The fourth-order valence-electron chi connectivity index (χ4n) is 1.47. The zero-order chi connectivity index (χ0) is 13.1. The molecule has 0 atom stereocenters. The van der Waals surface area contributed by atoms with Crippen molar-refractivity contribution < 1.29 is 9.90 Å². The van der Waals surface area contributed by atoms with Crippen LogP contribution >= 0.6 is 11.8 Å². The summed E-state index contributed by atoms with van der Waals surface area (Å²) in [6.07, 6.45) is 1.45. The first kappa shape index (κ1) is 12.5. The fourth-order valence-corrected chi connectivity index (χ4v) is 2.43. The zero-order valence-electron chi connectivity index (χ0n) is 9.91. The van der Waals surface area contributed by atoms with Crippen molar-refractivity contribution in [2.45, 2.75) is 23.9 Å². The van der Waals surface area contributed by atoms with Gasteiger partial charge in [0.2, 0.25) is 0 Å². The van der Waals surface area contributed by atoms with Crippen molar-refractivity contribution in [2.24, 2.45) is 0 Å². The third-order valence-corrected chi connectivity index (χ3v) is 3.05. The molecule has 0 aliphatic heterocycles. The van der Waals surface area contributed by atoms with E-state index in [1.54, 1.807) is 12.1 Å². The molecular formula is C12H11N3O2S. The first-order valence-electron chi connectivity index (χ1n) is 5.24. The van der Waals surface area contributed by atoms with Gasteiger partial charge >= 0.3 is 5.97 Å². The highest BCUT2D eigenvalue weighted by Gasteiger charge is 2.13. The standard InChI is InChI=1S/C12H11N3O2S/c1-7-6-8(2)15-12(14-7)18-9-4-3-5-13-10(9)11(16)17/h3-6H,1-2H3,(H,16,17). The molecule has 0 unspecified atom stereocenters. The second kappa shape index (κ2) is 5.14. The van der Waals surface area contributed by atoms with Crippen LogP contribution in [0.1, 0.15) is 21.9 Å². The van der Waals surface area contributed by atoms with E-state index in [4.69, 9.17) is 5.11 Å². The van der Waals surface area contributed by atoms with Crippen LogP contribution < -0.4 is 0 Å². The average Bonchev–Trinajstić information content (AvgIpc) is 2.27. The van der Waals surface area contributed by atoms with Crippen LogP contribution in [0.4, 0.5) is 0 Å². The number of carbonyl (C=O) groups is 1. The Kier molecular flexibility index (Phi) is 3.57. The molecule has 0 amide bonds. The van der Waals surface area contributed by atoms with E-state index in [9.17, 15) is 4.79 Å². The molecular weight excluding hydrogens is 250 g/mol. The van der Waals surface area contributed by atoms with E-state index in [1.807, 2.05) is 19.9 Å². The van der Waals surface area contributed by atoms with Crippen molar-refractivity contribution in [1.29, 1.82) is 0 Å². The number of aromatic carboxylic acids is 1. The predicted octanol–water partition coefficient (Wildman–Crippen LogP) is 2.34. The molecule has 0 radical (unpaired) electrons. The number of hydrogen-bond donors (Lipinski definition) is 1. The number of aromatic nitrogens is 3. The third kappa shape index (κ3) is 2.84. The van der Waals surface area contributed by atoms with E-state index in [0.29, 0.717) is 10.1 Å². The number of carboxylic acids is 1. The maximum atomic E-state index is 11.0. The van der Waals surface area contributed by atoms with Gasteiger partial charge in [0.25, 0.3) is 0 Å². The molecule has 0 bridgehead atoms. The molecule has 0 fully saturated rings. The van der Waals surface area contributed by atoms with E-state index in [1.165, 1.54) is 18.0 Å². The lowest BCUT2D eigenvalue weighted by Crippen LogP contribution is -2.02. The van der Waals surface area contributed by atoms with Crippen LogP contribution in [-0.4, -0.2) is 26.0 Å². The van der Waals surface area contributed by atoms with Crippen molar-refractivity contribution in [1.82, 2.24) is 15.0 Å². The average molecular weight is 261 g/mol. The maximum Gasteiger partial charge on any atom is 0.355 e. The van der Waals surface area contributed by atoms with Gasteiger partial charge in [0.15, 0.2) is 10.9 Å². The van der Waals surface area contributed by atoms with Gasteiger partial charge in [-0.2, -0.15) is 0 Å². The van der Waals surface area contributed by atoms with Crippen molar-refractivity contribution in [3.63, 3.8) is 0 Å². The van der Waals surface area contributed by atoms with Gasteiger partial charge in [-0.15, -0.1) is 0 Å². The number of nitrogens with zero attached hydrogens (tertiary/aromatic N) is 3. The monoisotopic (exact) mass is 261 g/mol. The molecule has 1 N–H and O–H groups in total. The van der Waals surface area contributed by atoms with E-state index < -0.39 is 5.97 Å². The Morgan fingerprint density at radius 3 is 2.56 bits per heavy atom. The zero-order valence-corrected chi connectivity index (χ0v) is 10.7. The Bertz CT molecular complexity index is 581. The maximum absolute atomic E-state index is 11.0. The molecule has 5 nitrogen and oxygen atoms in total. The molecule has 2 aromatic rings. The molecule has 2 rings (SSSR count).